The summed E-state index contributed by atoms with van der Waals surface area (Å²) in [6.45, 7) is 2.93. The lowest BCUT2D eigenvalue weighted by atomic mass is 10.1. The first-order chi connectivity index (χ1) is 7.93. The molecule has 3 heteroatoms. The second kappa shape index (κ2) is 4.52. The number of ether oxygens (including phenoxy) is 1. The van der Waals surface area contributed by atoms with Crippen molar-refractivity contribution in [3.8, 4) is 0 Å². The number of hydrogen-bond acceptors (Lipinski definition) is 3. The number of hydrogen-bond donors (Lipinski definition) is 1. The Labute approximate surface area is 96.2 Å². The molecule has 2 heterocycles. The third kappa shape index (κ3) is 1.97. The van der Waals surface area contributed by atoms with Gasteiger partial charge < -0.3 is 10.1 Å². The maximum absolute atomic E-state index is 5.39. The van der Waals surface area contributed by atoms with E-state index in [0.29, 0.717) is 12.0 Å². The summed E-state index contributed by atoms with van der Waals surface area (Å²) in [6.07, 6.45) is 5.47. The Hall–Kier alpha value is -0.930. The second-order valence-corrected chi connectivity index (χ2v) is 4.78. The lowest BCUT2D eigenvalue weighted by molar-refractivity contribution is 0.184. The molecule has 1 N–H and O–H groups in total. The van der Waals surface area contributed by atoms with Crippen LogP contribution in [-0.4, -0.2) is 24.7 Å². The number of pyridine rings is 1. The average molecular weight is 218 g/mol. The Balaban J connectivity index is 1.60. The second-order valence-electron chi connectivity index (χ2n) is 4.78. The van der Waals surface area contributed by atoms with Crippen molar-refractivity contribution in [2.75, 3.05) is 19.8 Å². The molecule has 0 bridgehead atoms. The Bertz CT molecular complexity index is 361. The molecule has 0 saturated carbocycles. The Kier molecular flexibility index (Phi) is 2.89. The van der Waals surface area contributed by atoms with E-state index in [2.05, 4.69) is 16.4 Å². The van der Waals surface area contributed by atoms with Crippen LogP contribution in [0.5, 0.6) is 0 Å². The number of rotatable bonds is 3. The highest BCUT2D eigenvalue weighted by atomic mass is 16.5. The van der Waals surface area contributed by atoms with Crippen LogP contribution in [-0.2, 0) is 11.2 Å². The Morgan fingerprint density at radius 2 is 2.44 bits per heavy atom. The number of nitrogens with zero attached hydrogens (tertiary/aromatic N) is 1. The summed E-state index contributed by atoms with van der Waals surface area (Å²) in [7, 11) is 0. The van der Waals surface area contributed by atoms with E-state index in [1.165, 1.54) is 30.5 Å². The van der Waals surface area contributed by atoms with E-state index >= 15 is 0 Å². The van der Waals surface area contributed by atoms with Gasteiger partial charge in [-0.2, -0.15) is 0 Å². The highest BCUT2D eigenvalue weighted by Crippen LogP contribution is 2.29. The normalized spacial score (nSPS) is 28.2. The lowest BCUT2D eigenvalue weighted by Crippen LogP contribution is -2.26. The molecule has 2 unspecified atom stereocenters. The smallest absolute Gasteiger partial charge is 0.0605 e. The van der Waals surface area contributed by atoms with Crippen molar-refractivity contribution in [1.29, 1.82) is 0 Å². The van der Waals surface area contributed by atoms with Crippen molar-refractivity contribution >= 4 is 0 Å². The minimum absolute atomic E-state index is 0.469. The summed E-state index contributed by atoms with van der Waals surface area (Å²) in [5.74, 6) is 0.702. The van der Waals surface area contributed by atoms with Crippen molar-refractivity contribution in [3.05, 3.63) is 29.6 Å². The zero-order valence-electron chi connectivity index (χ0n) is 9.48. The summed E-state index contributed by atoms with van der Waals surface area (Å²) >= 11 is 0. The Morgan fingerprint density at radius 1 is 1.44 bits per heavy atom. The molecule has 0 amide bonds. The van der Waals surface area contributed by atoms with Crippen molar-refractivity contribution in [2.45, 2.75) is 25.3 Å². The van der Waals surface area contributed by atoms with E-state index in [0.717, 1.165) is 19.8 Å². The topological polar surface area (TPSA) is 34.2 Å². The van der Waals surface area contributed by atoms with Gasteiger partial charge in [0.05, 0.1) is 18.3 Å². The van der Waals surface area contributed by atoms with Crippen LogP contribution in [0, 0.1) is 5.92 Å². The lowest BCUT2D eigenvalue weighted by Gasteiger charge is -2.15. The molecule has 86 valence electrons. The minimum atomic E-state index is 0.469. The van der Waals surface area contributed by atoms with Gasteiger partial charge in [-0.3, -0.25) is 4.98 Å². The van der Waals surface area contributed by atoms with Gasteiger partial charge in [-0.15, -0.1) is 0 Å². The van der Waals surface area contributed by atoms with E-state index in [-0.39, 0.29) is 0 Å². The molecule has 2 aliphatic rings. The zero-order chi connectivity index (χ0) is 10.8. The van der Waals surface area contributed by atoms with E-state index < -0.39 is 0 Å². The Morgan fingerprint density at radius 3 is 3.31 bits per heavy atom. The molecule has 0 spiro atoms. The number of nitrogens with one attached hydrogen (secondary N) is 1. The third-order valence-electron chi connectivity index (χ3n) is 3.64. The predicted octanol–water partition coefficient (Wildman–Crippen LogP) is 1.69. The fourth-order valence-electron chi connectivity index (χ4n) is 2.66. The number of aromatic nitrogens is 1. The van der Waals surface area contributed by atoms with Crippen molar-refractivity contribution in [1.82, 2.24) is 10.3 Å². The molecule has 2 atom stereocenters. The van der Waals surface area contributed by atoms with Gasteiger partial charge in [-0.05, 0) is 36.8 Å². The van der Waals surface area contributed by atoms with Gasteiger partial charge in [0.15, 0.2) is 0 Å². The summed E-state index contributed by atoms with van der Waals surface area (Å²) in [5, 5.41) is 3.64. The molecule has 0 radical (unpaired) electrons. The van der Waals surface area contributed by atoms with E-state index in [1.54, 1.807) is 0 Å². The summed E-state index contributed by atoms with van der Waals surface area (Å²) < 4.78 is 5.39. The van der Waals surface area contributed by atoms with E-state index in [4.69, 9.17) is 4.74 Å². The van der Waals surface area contributed by atoms with Gasteiger partial charge >= 0.3 is 0 Å². The number of fused-ring (bicyclic) bond motifs is 1. The standard InChI is InChI=1S/C13H18N2O/c1-2-11-3-4-12(13(11)14-6-1)15-8-10-5-7-16-9-10/h1-2,6,10,12,15H,3-5,7-9H2. The molecule has 3 rings (SSSR count). The third-order valence-corrected chi connectivity index (χ3v) is 3.64. The van der Waals surface area contributed by atoms with Crippen molar-refractivity contribution in [3.63, 3.8) is 0 Å². The van der Waals surface area contributed by atoms with E-state index in [1.807, 2.05) is 12.3 Å². The van der Waals surface area contributed by atoms with Crippen LogP contribution < -0.4 is 5.32 Å². The van der Waals surface area contributed by atoms with Crippen LogP contribution in [0.25, 0.3) is 0 Å². The summed E-state index contributed by atoms with van der Waals surface area (Å²) in [4.78, 5) is 4.49. The van der Waals surface area contributed by atoms with E-state index in [9.17, 15) is 0 Å². The highest BCUT2D eigenvalue weighted by Gasteiger charge is 2.24. The van der Waals surface area contributed by atoms with Crippen LogP contribution in [0.3, 0.4) is 0 Å². The maximum atomic E-state index is 5.39. The zero-order valence-corrected chi connectivity index (χ0v) is 9.48. The molecule has 1 aliphatic heterocycles. The average Bonchev–Trinajstić information content (AvgIpc) is 2.96. The van der Waals surface area contributed by atoms with Gasteiger partial charge in [0.1, 0.15) is 0 Å². The van der Waals surface area contributed by atoms with Gasteiger partial charge in [-0.1, -0.05) is 6.07 Å². The molecular formula is C13H18N2O. The van der Waals surface area contributed by atoms with Crippen LogP contribution >= 0.6 is 0 Å². The highest BCUT2D eigenvalue weighted by molar-refractivity contribution is 5.27. The van der Waals surface area contributed by atoms with Crippen molar-refractivity contribution < 1.29 is 4.74 Å². The van der Waals surface area contributed by atoms with Gasteiger partial charge in [-0.25, -0.2) is 0 Å². The van der Waals surface area contributed by atoms with Gasteiger partial charge in [0, 0.05) is 19.3 Å². The summed E-state index contributed by atoms with van der Waals surface area (Å²) in [5.41, 5.74) is 2.68. The van der Waals surface area contributed by atoms with Crippen LogP contribution in [0.4, 0.5) is 0 Å². The van der Waals surface area contributed by atoms with Crippen LogP contribution in [0.15, 0.2) is 18.3 Å². The molecule has 1 aromatic rings. The first kappa shape index (κ1) is 10.2. The number of aryl methyl sites for hydroxylation is 1. The first-order valence-corrected chi connectivity index (χ1v) is 6.18. The van der Waals surface area contributed by atoms with Gasteiger partial charge in [0.2, 0.25) is 0 Å². The molecule has 3 nitrogen and oxygen atoms in total. The quantitative estimate of drug-likeness (QED) is 0.838. The molecule has 1 aliphatic carbocycles. The minimum Gasteiger partial charge on any atom is -0.381 e. The maximum Gasteiger partial charge on any atom is 0.0605 e. The molecule has 0 aromatic carbocycles. The SMILES string of the molecule is c1cnc2c(c1)CCC2NCC1CCOC1. The summed E-state index contributed by atoms with van der Waals surface area (Å²) in [6, 6.07) is 4.70. The molecular weight excluding hydrogens is 200 g/mol. The largest absolute Gasteiger partial charge is 0.381 e. The molecule has 16 heavy (non-hydrogen) atoms. The van der Waals surface area contributed by atoms with Crippen LogP contribution in [0.1, 0.15) is 30.1 Å². The van der Waals surface area contributed by atoms with Crippen LogP contribution in [0.2, 0.25) is 0 Å². The molecule has 1 aromatic heterocycles. The molecule has 1 saturated heterocycles. The first-order valence-electron chi connectivity index (χ1n) is 6.18. The van der Waals surface area contributed by atoms with Gasteiger partial charge in [0.25, 0.3) is 0 Å². The fourth-order valence-corrected chi connectivity index (χ4v) is 2.66. The monoisotopic (exact) mass is 218 g/mol. The fraction of sp³-hybridized carbons (Fsp3) is 0.615. The predicted molar refractivity (Wildman–Crippen MR) is 62.2 cm³/mol. The molecule has 1 fully saturated rings. The van der Waals surface area contributed by atoms with Crippen molar-refractivity contribution in [2.24, 2.45) is 5.92 Å².